The number of amides is 1. The van der Waals surface area contributed by atoms with Crippen molar-refractivity contribution in [1.29, 1.82) is 0 Å². The molecule has 1 N–H and O–H groups in total. The molecule has 0 unspecified atom stereocenters. The van der Waals surface area contributed by atoms with Crippen LogP contribution in [0.5, 0.6) is 0 Å². The van der Waals surface area contributed by atoms with Crippen molar-refractivity contribution in [3.05, 3.63) is 12.2 Å². The number of thioether (sulfide) groups is 1. The Balaban J connectivity index is 3.31. The Kier molecular flexibility index (Phi) is 6.47. The van der Waals surface area contributed by atoms with E-state index in [0.717, 1.165) is 0 Å². The molecule has 4 heteroatoms. The summed E-state index contributed by atoms with van der Waals surface area (Å²) < 4.78 is 0. The maximum atomic E-state index is 10.9. The number of rotatable bonds is 4. The van der Waals surface area contributed by atoms with Crippen molar-refractivity contribution < 1.29 is 9.59 Å². The number of carbonyl (C=O) groups is 2. The van der Waals surface area contributed by atoms with Crippen LogP contribution in [-0.2, 0) is 9.59 Å². The third-order valence-corrected chi connectivity index (χ3v) is 1.85. The number of carbonyl (C=O) groups excluding carboxylic acids is 2. The quantitative estimate of drug-likeness (QED) is 0.526. The van der Waals surface area contributed by atoms with E-state index in [1.54, 1.807) is 13.0 Å². The van der Waals surface area contributed by atoms with Crippen molar-refractivity contribution in [1.82, 2.24) is 5.32 Å². The van der Waals surface area contributed by atoms with Gasteiger partial charge in [-0.3, -0.25) is 9.59 Å². The van der Waals surface area contributed by atoms with Crippen LogP contribution in [0.4, 0.5) is 0 Å². The van der Waals surface area contributed by atoms with Crippen molar-refractivity contribution >= 4 is 22.8 Å². The topological polar surface area (TPSA) is 46.2 Å². The SMILES string of the molecule is CC=CC(=O)SCCNC(C)=O. The summed E-state index contributed by atoms with van der Waals surface area (Å²) in [6.45, 7) is 3.80. The Morgan fingerprint density at radius 1 is 1.50 bits per heavy atom. The van der Waals surface area contributed by atoms with Crippen molar-refractivity contribution in [2.24, 2.45) is 0 Å². The lowest BCUT2D eigenvalue weighted by atomic mass is 10.6. The number of nitrogens with one attached hydrogen (secondary N) is 1. The lowest BCUT2D eigenvalue weighted by Gasteiger charge is -1.98. The number of hydrogen-bond donors (Lipinski definition) is 1. The Morgan fingerprint density at radius 3 is 2.67 bits per heavy atom. The van der Waals surface area contributed by atoms with E-state index < -0.39 is 0 Å². The molecule has 0 saturated carbocycles. The van der Waals surface area contributed by atoms with E-state index in [1.165, 1.54) is 24.8 Å². The summed E-state index contributed by atoms with van der Waals surface area (Å²) in [6.07, 6.45) is 3.21. The molecule has 0 atom stereocenters. The van der Waals surface area contributed by atoms with Gasteiger partial charge in [-0.15, -0.1) is 0 Å². The van der Waals surface area contributed by atoms with Crippen LogP contribution in [0.2, 0.25) is 0 Å². The minimum atomic E-state index is -0.0610. The zero-order chi connectivity index (χ0) is 9.40. The van der Waals surface area contributed by atoms with Crippen LogP contribution in [0, 0.1) is 0 Å². The Hall–Kier alpha value is -0.770. The first-order chi connectivity index (χ1) is 5.66. The third kappa shape index (κ3) is 7.34. The van der Waals surface area contributed by atoms with Crippen LogP contribution in [0.3, 0.4) is 0 Å². The second-order valence-electron chi connectivity index (χ2n) is 2.15. The van der Waals surface area contributed by atoms with Gasteiger partial charge in [-0.25, -0.2) is 0 Å². The van der Waals surface area contributed by atoms with Gasteiger partial charge in [0.25, 0.3) is 0 Å². The highest BCUT2D eigenvalue weighted by molar-refractivity contribution is 8.14. The van der Waals surface area contributed by atoms with Gasteiger partial charge < -0.3 is 5.32 Å². The van der Waals surface area contributed by atoms with Crippen molar-refractivity contribution in [2.45, 2.75) is 13.8 Å². The fourth-order valence-corrected chi connectivity index (χ4v) is 1.20. The second kappa shape index (κ2) is 6.91. The van der Waals surface area contributed by atoms with E-state index in [9.17, 15) is 9.59 Å². The molecule has 0 aromatic rings. The monoisotopic (exact) mass is 187 g/mol. The van der Waals surface area contributed by atoms with Gasteiger partial charge in [-0.1, -0.05) is 17.8 Å². The largest absolute Gasteiger partial charge is 0.356 e. The molecule has 0 bridgehead atoms. The molecule has 0 heterocycles. The van der Waals surface area contributed by atoms with Gasteiger partial charge in [-0.2, -0.15) is 0 Å². The molecule has 0 radical (unpaired) electrons. The summed E-state index contributed by atoms with van der Waals surface area (Å²) in [5.74, 6) is 0.567. The smallest absolute Gasteiger partial charge is 0.216 e. The van der Waals surface area contributed by atoms with Crippen molar-refractivity contribution in [3.63, 3.8) is 0 Å². The van der Waals surface area contributed by atoms with E-state index >= 15 is 0 Å². The molecule has 0 aromatic heterocycles. The van der Waals surface area contributed by atoms with Crippen LogP contribution >= 0.6 is 11.8 Å². The van der Waals surface area contributed by atoms with Crippen LogP contribution < -0.4 is 5.32 Å². The van der Waals surface area contributed by atoms with E-state index in [2.05, 4.69) is 5.32 Å². The van der Waals surface area contributed by atoms with Gasteiger partial charge >= 0.3 is 0 Å². The summed E-state index contributed by atoms with van der Waals surface area (Å²) in [5, 5.41) is 2.64. The molecule has 0 aliphatic rings. The maximum absolute atomic E-state index is 10.9. The minimum Gasteiger partial charge on any atom is -0.356 e. The van der Waals surface area contributed by atoms with E-state index in [0.29, 0.717) is 12.3 Å². The summed E-state index contributed by atoms with van der Waals surface area (Å²) in [5.41, 5.74) is 0. The standard InChI is InChI=1S/C8H13NO2S/c1-3-4-8(11)12-6-5-9-7(2)10/h3-4H,5-6H2,1-2H3,(H,9,10). The van der Waals surface area contributed by atoms with Gasteiger partial charge in [-0.05, 0) is 13.0 Å². The first kappa shape index (κ1) is 11.2. The predicted molar refractivity (Wildman–Crippen MR) is 51.0 cm³/mol. The Labute approximate surface area is 76.6 Å². The molecule has 12 heavy (non-hydrogen) atoms. The van der Waals surface area contributed by atoms with Gasteiger partial charge in [0.2, 0.25) is 11.0 Å². The first-order valence-electron chi connectivity index (χ1n) is 3.70. The molecule has 1 amide bonds. The van der Waals surface area contributed by atoms with E-state index in [1.807, 2.05) is 0 Å². The summed E-state index contributed by atoms with van der Waals surface area (Å²) in [7, 11) is 0. The highest BCUT2D eigenvalue weighted by Gasteiger charge is 1.96. The maximum Gasteiger partial charge on any atom is 0.216 e. The van der Waals surface area contributed by atoms with Gasteiger partial charge in [0.1, 0.15) is 0 Å². The highest BCUT2D eigenvalue weighted by atomic mass is 32.2. The van der Waals surface area contributed by atoms with Gasteiger partial charge in [0.15, 0.2) is 0 Å². The van der Waals surface area contributed by atoms with E-state index in [-0.39, 0.29) is 11.0 Å². The lowest BCUT2D eigenvalue weighted by molar-refractivity contribution is -0.118. The first-order valence-corrected chi connectivity index (χ1v) is 4.69. The molecule has 0 fully saturated rings. The number of allylic oxidation sites excluding steroid dienone is 1. The lowest BCUT2D eigenvalue weighted by Crippen LogP contribution is -2.22. The summed E-state index contributed by atoms with van der Waals surface area (Å²) >= 11 is 1.20. The number of hydrogen-bond acceptors (Lipinski definition) is 3. The molecule has 0 aromatic carbocycles. The molecule has 0 rings (SSSR count). The van der Waals surface area contributed by atoms with Gasteiger partial charge in [0, 0.05) is 19.2 Å². The normalized spacial score (nSPS) is 10.2. The molecule has 0 aliphatic heterocycles. The average Bonchev–Trinajstić information content (AvgIpc) is 1.98. The summed E-state index contributed by atoms with van der Waals surface area (Å²) in [6, 6.07) is 0. The molecular formula is C8H13NO2S. The van der Waals surface area contributed by atoms with Crippen LogP contribution in [0.15, 0.2) is 12.2 Å². The Bertz CT molecular complexity index is 189. The Morgan fingerprint density at radius 2 is 2.17 bits per heavy atom. The second-order valence-corrected chi connectivity index (χ2v) is 3.25. The molecule has 0 spiro atoms. The fourth-order valence-electron chi connectivity index (χ4n) is 0.563. The summed E-state index contributed by atoms with van der Waals surface area (Å²) in [4.78, 5) is 21.2. The molecule has 0 saturated heterocycles. The molecular weight excluding hydrogens is 174 g/mol. The van der Waals surface area contributed by atoms with Crippen LogP contribution in [0.25, 0.3) is 0 Å². The zero-order valence-electron chi connectivity index (χ0n) is 7.29. The van der Waals surface area contributed by atoms with E-state index in [4.69, 9.17) is 0 Å². The molecule has 68 valence electrons. The third-order valence-electron chi connectivity index (χ3n) is 1.02. The highest BCUT2D eigenvalue weighted by Crippen LogP contribution is 2.00. The zero-order valence-corrected chi connectivity index (χ0v) is 8.11. The molecule has 3 nitrogen and oxygen atoms in total. The predicted octanol–water partition coefficient (Wildman–Crippen LogP) is 0.958. The van der Waals surface area contributed by atoms with Crippen LogP contribution in [0.1, 0.15) is 13.8 Å². The van der Waals surface area contributed by atoms with Crippen LogP contribution in [-0.4, -0.2) is 23.3 Å². The van der Waals surface area contributed by atoms with Gasteiger partial charge in [0.05, 0.1) is 0 Å². The van der Waals surface area contributed by atoms with Crippen molar-refractivity contribution in [2.75, 3.05) is 12.3 Å². The van der Waals surface area contributed by atoms with Crippen molar-refractivity contribution in [3.8, 4) is 0 Å². The average molecular weight is 187 g/mol. The fraction of sp³-hybridized carbons (Fsp3) is 0.500. The minimum absolute atomic E-state index is 0.0304. The molecule has 0 aliphatic carbocycles.